The van der Waals surface area contributed by atoms with E-state index in [1.54, 1.807) is 24.3 Å². The standard InChI is InChI=1S/C20H15ClN2O5/c1-12-3-2-4-17-22-14(9-18(24)23(12)17)10-26-19(25)6-5-13-7-15(21)20-16(8-13)27-11-28-20/h2-9H,10-11H2,1H3/b6-5+. The molecule has 0 saturated carbocycles. The largest absolute Gasteiger partial charge is 0.456 e. The minimum Gasteiger partial charge on any atom is -0.456 e. The summed E-state index contributed by atoms with van der Waals surface area (Å²) >= 11 is 6.11. The highest BCUT2D eigenvalue weighted by molar-refractivity contribution is 6.32. The maximum Gasteiger partial charge on any atom is 0.331 e. The topological polar surface area (TPSA) is 79.1 Å². The summed E-state index contributed by atoms with van der Waals surface area (Å²) < 4.78 is 17.2. The molecule has 28 heavy (non-hydrogen) atoms. The number of pyridine rings is 1. The van der Waals surface area contributed by atoms with Gasteiger partial charge in [0.2, 0.25) is 6.79 Å². The number of carbonyl (C=O) groups is 1. The number of esters is 1. The molecule has 1 aromatic carbocycles. The molecule has 2 aromatic heterocycles. The van der Waals surface area contributed by atoms with Gasteiger partial charge < -0.3 is 14.2 Å². The van der Waals surface area contributed by atoms with Crippen LogP contribution in [0.2, 0.25) is 5.02 Å². The van der Waals surface area contributed by atoms with E-state index in [4.69, 9.17) is 25.8 Å². The predicted molar refractivity (Wildman–Crippen MR) is 103 cm³/mol. The number of rotatable bonds is 4. The first-order chi connectivity index (χ1) is 13.5. The number of halogens is 1. The predicted octanol–water partition coefficient (Wildman–Crippen LogP) is 3.14. The number of ether oxygens (including phenoxy) is 3. The van der Waals surface area contributed by atoms with Crippen LogP contribution < -0.4 is 15.0 Å². The second-order valence-corrected chi connectivity index (χ2v) is 6.53. The highest BCUT2D eigenvalue weighted by Crippen LogP contribution is 2.40. The van der Waals surface area contributed by atoms with E-state index in [2.05, 4.69) is 4.98 Å². The SMILES string of the molecule is Cc1cccc2nc(COC(=O)/C=C/c3cc(Cl)c4c(c3)OCO4)cc(=O)n12. The molecule has 4 rings (SSSR count). The van der Waals surface area contributed by atoms with Gasteiger partial charge in [-0.05, 0) is 42.8 Å². The van der Waals surface area contributed by atoms with Crippen molar-refractivity contribution in [2.24, 2.45) is 0 Å². The van der Waals surface area contributed by atoms with Crippen molar-refractivity contribution in [2.45, 2.75) is 13.5 Å². The van der Waals surface area contributed by atoms with Crippen LogP contribution >= 0.6 is 11.6 Å². The molecule has 0 N–H and O–H groups in total. The molecule has 7 nitrogen and oxygen atoms in total. The summed E-state index contributed by atoms with van der Waals surface area (Å²) in [6, 6.07) is 10.1. The number of hydrogen-bond donors (Lipinski definition) is 0. The third kappa shape index (κ3) is 3.57. The number of fused-ring (bicyclic) bond motifs is 2. The lowest BCUT2D eigenvalue weighted by molar-refractivity contribution is -0.139. The quantitative estimate of drug-likeness (QED) is 0.496. The molecule has 1 aliphatic heterocycles. The minimum absolute atomic E-state index is 0.106. The average molecular weight is 399 g/mol. The minimum atomic E-state index is -0.569. The van der Waals surface area contributed by atoms with Crippen molar-refractivity contribution in [1.29, 1.82) is 0 Å². The fraction of sp³-hybridized carbons (Fsp3) is 0.150. The summed E-state index contributed by atoms with van der Waals surface area (Å²) in [5, 5.41) is 0.402. The van der Waals surface area contributed by atoms with Crippen molar-refractivity contribution in [1.82, 2.24) is 9.38 Å². The molecule has 0 spiro atoms. The van der Waals surface area contributed by atoms with Crippen molar-refractivity contribution >= 4 is 29.3 Å². The van der Waals surface area contributed by atoms with Gasteiger partial charge in [0.1, 0.15) is 12.3 Å². The maximum atomic E-state index is 12.2. The molecule has 3 heterocycles. The Bertz CT molecular complexity index is 1170. The fourth-order valence-corrected chi connectivity index (χ4v) is 3.15. The van der Waals surface area contributed by atoms with E-state index in [0.717, 1.165) is 5.69 Å². The number of hydrogen-bond acceptors (Lipinski definition) is 6. The Morgan fingerprint density at radius 1 is 1.32 bits per heavy atom. The maximum absolute atomic E-state index is 12.2. The highest BCUT2D eigenvalue weighted by Gasteiger charge is 2.17. The van der Waals surface area contributed by atoms with Crippen LogP contribution in [0, 0.1) is 6.92 Å². The molecule has 0 saturated heterocycles. The van der Waals surface area contributed by atoms with Crippen LogP contribution in [0.25, 0.3) is 11.7 Å². The van der Waals surface area contributed by atoms with Crippen LogP contribution in [0.3, 0.4) is 0 Å². The first-order valence-corrected chi connectivity index (χ1v) is 8.81. The second-order valence-electron chi connectivity index (χ2n) is 6.12. The molecule has 1 aliphatic rings. The zero-order chi connectivity index (χ0) is 19.7. The summed E-state index contributed by atoms with van der Waals surface area (Å²) in [5.41, 5.74) is 2.11. The highest BCUT2D eigenvalue weighted by atomic mass is 35.5. The number of nitrogens with zero attached hydrogens (tertiary/aromatic N) is 2. The molecule has 0 bridgehead atoms. The lowest BCUT2D eigenvalue weighted by atomic mass is 10.2. The summed E-state index contributed by atoms with van der Waals surface area (Å²) in [5.74, 6) is 0.446. The molecular formula is C20H15ClN2O5. The van der Waals surface area contributed by atoms with Gasteiger partial charge in [-0.2, -0.15) is 0 Å². The third-order valence-corrected chi connectivity index (χ3v) is 4.44. The van der Waals surface area contributed by atoms with Crippen molar-refractivity contribution in [2.75, 3.05) is 6.79 Å². The monoisotopic (exact) mass is 398 g/mol. The normalized spacial score (nSPS) is 12.6. The second kappa shape index (κ2) is 7.36. The lowest BCUT2D eigenvalue weighted by Crippen LogP contribution is -2.18. The number of benzene rings is 1. The average Bonchev–Trinajstić information content (AvgIpc) is 3.14. The molecule has 0 aliphatic carbocycles. The van der Waals surface area contributed by atoms with E-state index in [9.17, 15) is 9.59 Å². The van der Waals surface area contributed by atoms with E-state index in [0.29, 0.717) is 33.4 Å². The molecule has 8 heteroatoms. The summed E-state index contributed by atoms with van der Waals surface area (Å²) in [6.07, 6.45) is 2.83. The molecule has 142 valence electrons. The van der Waals surface area contributed by atoms with E-state index in [-0.39, 0.29) is 19.0 Å². The third-order valence-electron chi connectivity index (χ3n) is 4.16. The van der Waals surface area contributed by atoms with Gasteiger partial charge in [-0.15, -0.1) is 0 Å². The molecule has 0 radical (unpaired) electrons. The van der Waals surface area contributed by atoms with Crippen LogP contribution in [0.4, 0.5) is 0 Å². The fourth-order valence-electron chi connectivity index (χ4n) is 2.88. The summed E-state index contributed by atoms with van der Waals surface area (Å²) in [6.45, 7) is 1.83. The summed E-state index contributed by atoms with van der Waals surface area (Å²) in [7, 11) is 0. The van der Waals surface area contributed by atoms with Gasteiger partial charge in [0, 0.05) is 17.8 Å². The Kier molecular flexibility index (Phi) is 4.75. The van der Waals surface area contributed by atoms with E-state index in [1.165, 1.54) is 16.5 Å². The van der Waals surface area contributed by atoms with E-state index < -0.39 is 5.97 Å². The van der Waals surface area contributed by atoms with Gasteiger partial charge in [-0.3, -0.25) is 9.20 Å². The molecule has 3 aromatic rings. The molecule has 0 fully saturated rings. The molecular weight excluding hydrogens is 384 g/mol. The lowest BCUT2D eigenvalue weighted by Gasteiger charge is -2.06. The molecule has 0 unspecified atom stereocenters. The Labute approximate surface area is 164 Å². The zero-order valence-electron chi connectivity index (χ0n) is 14.8. The van der Waals surface area contributed by atoms with Crippen LogP contribution in [-0.2, 0) is 16.1 Å². The van der Waals surface area contributed by atoms with Crippen LogP contribution in [-0.4, -0.2) is 22.1 Å². The summed E-state index contributed by atoms with van der Waals surface area (Å²) in [4.78, 5) is 28.6. The van der Waals surface area contributed by atoms with Gasteiger partial charge in [-0.25, -0.2) is 9.78 Å². The van der Waals surface area contributed by atoms with Gasteiger partial charge >= 0.3 is 5.97 Å². The van der Waals surface area contributed by atoms with Gasteiger partial charge in [0.15, 0.2) is 11.5 Å². The van der Waals surface area contributed by atoms with Crippen molar-refractivity contribution < 1.29 is 19.0 Å². The van der Waals surface area contributed by atoms with Crippen molar-refractivity contribution in [3.8, 4) is 11.5 Å². The van der Waals surface area contributed by atoms with Crippen LogP contribution in [0.15, 0.2) is 47.3 Å². The van der Waals surface area contributed by atoms with Crippen molar-refractivity contribution in [3.63, 3.8) is 0 Å². The Morgan fingerprint density at radius 3 is 3.04 bits per heavy atom. The van der Waals surface area contributed by atoms with Gasteiger partial charge in [0.25, 0.3) is 5.56 Å². The van der Waals surface area contributed by atoms with Crippen molar-refractivity contribution in [3.05, 3.63) is 74.8 Å². The smallest absolute Gasteiger partial charge is 0.331 e. The number of aromatic nitrogens is 2. The van der Waals surface area contributed by atoms with Crippen LogP contribution in [0.1, 0.15) is 17.0 Å². The van der Waals surface area contributed by atoms with Crippen LogP contribution in [0.5, 0.6) is 11.5 Å². The van der Waals surface area contributed by atoms with Gasteiger partial charge in [-0.1, -0.05) is 17.7 Å². The number of carbonyl (C=O) groups excluding carboxylic acids is 1. The van der Waals surface area contributed by atoms with E-state index in [1.807, 2.05) is 19.1 Å². The van der Waals surface area contributed by atoms with E-state index >= 15 is 0 Å². The molecule has 0 amide bonds. The first-order valence-electron chi connectivity index (χ1n) is 8.43. The van der Waals surface area contributed by atoms with Gasteiger partial charge in [0.05, 0.1) is 10.7 Å². The number of aryl methyl sites for hydroxylation is 1. The molecule has 0 atom stereocenters. The Balaban J connectivity index is 1.45. The Hall–Kier alpha value is -3.32. The zero-order valence-corrected chi connectivity index (χ0v) is 15.6. The first kappa shape index (κ1) is 18.1. The Morgan fingerprint density at radius 2 is 2.18 bits per heavy atom.